The van der Waals surface area contributed by atoms with Crippen LogP contribution in [0.25, 0.3) is 33.2 Å². The zero-order valence-electron chi connectivity index (χ0n) is 43.0. The van der Waals surface area contributed by atoms with E-state index in [9.17, 15) is 94.2 Å². The molecule has 0 radical (unpaired) electrons. The van der Waals surface area contributed by atoms with E-state index in [1.165, 1.54) is 30.3 Å². The van der Waals surface area contributed by atoms with Crippen molar-refractivity contribution in [3.63, 3.8) is 0 Å². The van der Waals surface area contributed by atoms with Gasteiger partial charge in [-0.2, -0.15) is 57.0 Å². The molecule has 0 atom stereocenters. The number of nitrogens with one attached hydrogen (secondary N) is 3. The second kappa shape index (κ2) is 22.1. The predicted octanol–water partition coefficient (Wildman–Crippen LogP) is 7.18. The third-order valence-electron chi connectivity index (χ3n) is 12.8. The van der Waals surface area contributed by atoms with E-state index in [2.05, 4.69) is 30.6 Å². The lowest BCUT2D eigenvalue weighted by atomic mass is 9.80. The molecule has 0 aliphatic heterocycles. The van der Waals surface area contributed by atoms with E-state index < -0.39 is 200 Å². The first-order chi connectivity index (χ1) is 41.0. The van der Waals surface area contributed by atoms with Crippen LogP contribution >= 0.6 is 11.6 Å². The summed E-state index contributed by atoms with van der Waals surface area (Å²) in [5.41, 5.74) is -8.34. The molecule has 7 aromatic carbocycles. The Kier molecular flexibility index (Phi) is 15.4. The fraction of sp³-hybridized carbons (Fsp3) is 0. The topological polar surface area (TPSA) is 495 Å². The summed E-state index contributed by atoms with van der Waals surface area (Å²) < 4.78 is 191. The molecule has 0 amide bonds. The minimum Gasteiger partial charge on any atom is -0.478 e. The normalized spacial score (nSPS) is 12.5. The predicted molar refractivity (Wildman–Crippen MR) is 303 cm³/mol. The quantitative estimate of drug-likeness (QED) is 0.0300. The molecular formula is C52H31ClN6O24S5. The molecule has 10 N–H and O–H groups in total. The summed E-state index contributed by atoms with van der Waals surface area (Å²) in [5.74, 6) is -8.27. The van der Waals surface area contributed by atoms with Crippen molar-refractivity contribution >= 4 is 120 Å². The summed E-state index contributed by atoms with van der Waals surface area (Å²) in [6.07, 6.45) is 0. The van der Waals surface area contributed by atoms with Gasteiger partial charge in [0.25, 0.3) is 56.1 Å². The average molecular weight is 1320 g/mol. The summed E-state index contributed by atoms with van der Waals surface area (Å²) in [7, 11) is -26.5. The minimum absolute atomic E-state index is 0.0310. The van der Waals surface area contributed by atoms with Crippen molar-refractivity contribution in [3.05, 3.63) is 176 Å². The first-order valence-electron chi connectivity index (χ1n) is 23.8. The largest absolute Gasteiger partial charge is 0.478 e. The Labute approximate surface area is 497 Å². The molecule has 450 valence electrons. The number of anilines is 4. The maximum Gasteiger partial charge on any atom is 0.335 e. The van der Waals surface area contributed by atoms with Gasteiger partial charge in [0, 0.05) is 28.1 Å². The molecule has 0 bridgehead atoms. The molecule has 0 saturated carbocycles. The van der Waals surface area contributed by atoms with E-state index in [1.54, 1.807) is 0 Å². The highest BCUT2D eigenvalue weighted by Gasteiger charge is 2.37. The van der Waals surface area contributed by atoms with Crippen molar-refractivity contribution in [2.75, 3.05) is 10.6 Å². The molecule has 0 spiro atoms. The number of aromatic nitrogens is 4. The molecule has 10 rings (SSSR count). The molecule has 0 fully saturated rings. The van der Waals surface area contributed by atoms with Crippen LogP contribution in [0, 0.1) is 0 Å². The van der Waals surface area contributed by atoms with Crippen LogP contribution in [0.1, 0.15) is 52.6 Å². The van der Waals surface area contributed by atoms with Gasteiger partial charge in [0.2, 0.25) is 11.2 Å². The fourth-order valence-electron chi connectivity index (χ4n) is 9.13. The van der Waals surface area contributed by atoms with Gasteiger partial charge in [-0.25, -0.2) is 9.59 Å². The highest BCUT2D eigenvalue weighted by atomic mass is 35.5. The summed E-state index contributed by atoms with van der Waals surface area (Å²) in [4.78, 5) is 76.9. The lowest BCUT2D eigenvalue weighted by molar-refractivity contribution is 0.0695. The third-order valence-corrected chi connectivity index (χ3v) is 17.4. The van der Waals surface area contributed by atoms with Gasteiger partial charge in [0.1, 0.15) is 26.2 Å². The number of pyridine rings is 1. The fourth-order valence-corrected chi connectivity index (χ4v) is 12.3. The number of ketones is 2. The number of H-pyrrole nitrogens is 1. The zero-order valence-corrected chi connectivity index (χ0v) is 47.8. The number of hydrogen-bond donors (Lipinski definition) is 10. The van der Waals surface area contributed by atoms with E-state index >= 15 is 4.79 Å². The number of ether oxygens (including phenoxy) is 2. The van der Waals surface area contributed by atoms with Crippen LogP contribution < -0.4 is 25.7 Å². The van der Waals surface area contributed by atoms with E-state index in [0.717, 1.165) is 84.9 Å². The maximum atomic E-state index is 15.2. The van der Waals surface area contributed by atoms with Gasteiger partial charge in [0.15, 0.2) is 17.3 Å². The highest BCUT2D eigenvalue weighted by molar-refractivity contribution is 7.87. The number of fused-ring (bicyclic) bond motifs is 2. The summed E-state index contributed by atoms with van der Waals surface area (Å²) >= 11 is 6.15. The molecule has 9 aromatic rings. The van der Waals surface area contributed by atoms with E-state index in [-0.39, 0.29) is 28.3 Å². The molecular weight excluding hydrogens is 1290 g/mol. The van der Waals surface area contributed by atoms with E-state index in [0.29, 0.717) is 6.07 Å². The van der Waals surface area contributed by atoms with Crippen molar-refractivity contribution in [3.8, 4) is 45.5 Å². The number of hydrogen-bond acceptors (Lipinski definition) is 22. The molecule has 2 aromatic heterocycles. The molecule has 30 nitrogen and oxygen atoms in total. The number of aromatic amines is 1. The SMILES string of the molecule is O=C(O)c1cc(Oc2nc(Cl)nc(Nc3cc(Nc4cc(Oc5ccc(-c6ccc(S(=O)(=O)O)cc6)cc5S(=O)(=O)O)c5[nH]c(=O)c(C(=O)c6cccc(S(=O)(=O)O)c6)c6c5c4C(=O)c4ccccc4-6)c(S(=O)(=O)O)cc3S(=O)(=O)O)n2)cc(C(=O)O)c1. The first kappa shape index (κ1) is 61.2. The molecule has 0 unspecified atom stereocenters. The van der Waals surface area contributed by atoms with Crippen molar-refractivity contribution in [2.45, 2.75) is 24.5 Å². The van der Waals surface area contributed by atoms with Crippen LogP contribution in [-0.4, -0.2) is 119 Å². The summed E-state index contributed by atoms with van der Waals surface area (Å²) in [6, 6.07) is 19.5. The minimum atomic E-state index is -5.73. The molecule has 2 heterocycles. The number of carbonyl (C=O) groups excluding carboxylic acids is 2. The van der Waals surface area contributed by atoms with Gasteiger partial charge in [-0.1, -0.05) is 54.6 Å². The zero-order chi connectivity index (χ0) is 63.9. The van der Waals surface area contributed by atoms with Crippen LogP contribution in [0.2, 0.25) is 5.28 Å². The Hall–Kier alpha value is -9.92. The van der Waals surface area contributed by atoms with Crippen molar-refractivity contribution in [2.24, 2.45) is 0 Å². The summed E-state index contributed by atoms with van der Waals surface area (Å²) in [5, 5.41) is 22.8. The molecule has 1 aliphatic carbocycles. The van der Waals surface area contributed by atoms with Crippen LogP contribution in [0.5, 0.6) is 23.3 Å². The Balaban J connectivity index is 1.22. The molecule has 36 heteroatoms. The van der Waals surface area contributed by atoms with Gasteiger partial charge >= 0.3 is 17.9 Å². The number of benzene rings is 7. The van der Waals surface area contributed by atoms with Gasteiger partial charge < -0.3 is 35.3 Å². The standard InChI is InChI=1S/C52H31ClN6O24S5/c53-50-57-51(59-52(58-50)82-27-15-25(48(63)64)14-26(16-27)49(65)66)55-33-19-32(37(86(73,74)75)21-38(33)87(76,77)78)54-34-20-36(83-35-13-10-23(18-39(35)88(79,80)81)22-8-11-28(12-9-22)84(67,68)69)44-42-40(30-6-1-2-7-31(30)46(61)41(34)42)43(47(62)56-44)45(60)24-4-3-5-29(17-24)85(70,71)72/h1-21,54H,(H,56,62)(H,63,64)(H,65,66)(H,67,68,69)(H,70,71,72)(H,73,74,75)(H,76,77,78)(H,79,80,81)(H,55,57,58,59). The van der Waals surface area contributed by atoms with Crippen LogP contribution in [0.4, 0.5) is 23.0 Å². The number of rotatable bonds is 18. The van der Waals surface area contributed by atoms with Crippen LogP contribution in [0.3, 0.4) is 0 Å². The molecule has 88 heavy (non-hydrogen) atoms. The van der Waals surface area contributed by atoms with Crippen molar-refractivity contribution in [1.29, 1.82) is 0 Å². The Morgan fingerprint density at radius 2 is 1.09 bits per heavy atom. The number of carbonyl (C=O) groups is 4. The number of halogens is 1. The van der Waals surface area contributed by atoms with Gasteiger partial charge in [-0.05, 0) is 95.0 Å². The second-order valence-electron chi connectivity index (χ2n) is 18.4. The highest BCUT2D eigenvalue weighted by Crippen LogP contribution is 2.49. The lowest BCUT2D eigenvalue weighted by Gasteiger charge is -2.26. The Bertz CT molecular complexity index is 5250. The van der Waals surface area contributed by atoms with Gasteiger partial charge in [-0.15, -0.1) is 0 Å². The average Bonchev–Trinajstić information content (AvgIpc) is 0.723. The van der Waals surface area contributed by atoms with Crippen molar-refractivity contribution < 1.29 is 104 Å². The third kappa shape index (κ3) is 12.1. The summed E-state index contributed by atoms with van der Waals surface area (Å²) in [6.45, 7) is 0. The number of aromatic carboxylic acids is 2. The monoisotopic (exact) mass is 1320 g/mol. The van der Waals surface area contributed by atoms with Gasteiger partial charge in [0.05, 0.1) is 54.6 Å². The van der Waals surface area contributed by atoms with Crippen LogP contribution in [0.15, 0.2) is 157 Å². The first-order valence-corrected chi connectivity index (χ1v) is 31.4. The number of nitrogens with zero attached hydrogens (tertiary/aromatic N) is 3. The van der Waals surface area contributed by atoms with Crippen LogP contribution in [-0.2, 0) is 50.6 Å². The smallest absolute Gasteiger partial charge is 0.335 e. The number of carboxylic acid groups (broad SMARTS) is 2. The van der Waals surface area contributed by atoms with E-state index in [1.807, 2.05) is 0 Å². The number of carboxylic acids is 2. The van der Waals surface area contributed by atoms with Crippen molar-refractivity contribution in [1.82, 2.24) is 19.9 Å². The maximum absolute atomic E-state index is 15.2. The Morgan fingerprint density at radius 1 is 0.500 bits per heavy atom. The van der Waals surface area contributed by atoms with E-state index in [4.69, 9.17) is 21.1 Å². The molecule has 0 saturated heterocycles. The lowest BCUT2D eigenvalue weighted by Crippen LogP contribution is -2.24. The second-order valence-corrected chi connectivity index (χ2v) is 25.8. The molecule has 1 aliphatic rings. The van der Waals surface area contributed by atoms with Gasteiger partial charge in [-0.3, -0.25) is 37.1 Å². The Morgan fingerprint density at radius 3 is 1.68 bits per heavy atom.